The molecule has 1 aliphatic heterocycles. The number of carbonyl (C=O) groups is 1. The molecule has 1 rings (SSSR count). The minimum atomic E-state index is -1.48. The first kappa shape index (κ1) is 57.2. The monoisotopic (exact) mass is 856 g/mol. The second-order valence-electron chi connectivity index (χ2n) is 18.9. The molecule has 0 saturated carbocycles. The van der Waals surface area contributed by atoms with Crippen LogP contribution in [0.2, 0.25) is 0 Å². The van der Waals surface area contributed by atoms with Crippen molar-refractivity contribution in [3.05, 3.63) is 0 Å². The third-order valence-corrected chi connectivity index (χ3v) is 13.3. The van der Waals surface area contributed by atoms with Crippen LogP contribution in [0.5, 0.6) is 0 Å². The van der Waals surface area contributed by atoms with E-state index < -0.39 is 55.4 Å². The van der Waals surface area contributed by atoms with Crippen molar-refractivity contribution in [2.75, 3.05) is 6.61 Å². The topological polar surface area (TPSA) is 160 Å². The molecule has 1 fully saturated rings. The Morgan fingerprint density at radius 3 is 1.17 bits per heavy atom. The number of aliphatic hydroxyl groups is 6. The van der Waals surface area contributed by atoms with Gasteiger partial charge in [-0.1, -0.05) is 232 Å². The number of rotatable bonds is 44. The van der Waals surface area contributed by atoms with Crippen molar-refractivity contribution in [1.29, 1.82) is 0 Å². The first-order chi connectivity index (χ1) is 29.3. The smallest absolute Gasteiger partial charge is 0.220 e. The zero-order valence-corrected chi connectivity index (χ0v) is 39.4. The maximum absolute atomic E-state index is 13.1. The molecule has 0 aromatic heterocycles. The summed E-state index contributed by atoms with van der Waals surface area (Å²) in [5.74, 6) is -0.172. The van der Waals surface area contributed by atoms with Crippen LogP contribution in [0.4, 0.5) is 0 Å². The second-order valence-corrected chi connectivity index (χ2v) is 18.9. The van der Waals surface area contributed by atoms with Gasteiger partial charge in [0, 0.05) is 6.42 Å². The van der Waals surface area contributed by atoms with Crippen LogP contribution in [-0.2, 0) is 9.53 Å². The third kappa shape index (κ3) is 30.3. The lowest BCUT2D eigenvalue weighted by Gasteiger charge is -2.40. The highest BCUT2D eigenvalue weighted by molar-refractivity contribution is 5.76. The van der Waals surface area contributed by atoms with Crippen LogP contribution < -0.4 is 5.32 Å². The fourth-order valence-electron chi connectivity index (χ4n) is 9.07. The van der Waals surface area contributed by atoms with Crippen molar-refractivity contribution in [1.82, 2.24) is 5.32 Å². The fraction of sp³-hybridized carbons (Fsp3) is 0.980. The van der Waals surface area contributed by atoms with Gasteiger partial charge >= 0.3 is 0 Å². The largest absolute Gasteiger partial charge is 0.394 e. The number of carbonyl (C=O) groups excluding carboxylic acids is 1. The van der Waals surface area contributed by atoms with Crippen LogP contribution in [0.25, 0.3) is 0 Å². The lowest BCUT2D eigenvalue weighted by molar-refractivity contribution is -0.231. The molecule has 0 bridgehead atoms. The van der Waals surface area contributed by atoms with Gasteiger partial charge < -0.3 is 40.7 Å². The molecule has 60 heavy (non-hydrogen) atoms. The van der Waals surface area contributed by atoms with Gasteiger partial charge in [-0.3, -0.25) is 4.79 Å². The standard InChI is InChI=1S/C51H101NO8/c1-3-5-7-9-11-13-15-17-18-19-20-21-22-23-24-25-26-27-29-31-33-35-37-39-47(55)52-43(40-41-45-49(57)51(59)50(58)46(42-53)60-45)48(56)44(54)38-36-34-32-30-28-16-14-12-10-8-6-4-2/h43-46,48-51,53-54,56-59H,3-42H2,1-2H3,(H,52,55)/t43-,44+,45+,46?,48-,49?,50-,51+/m0/s1. The minimum Gasteiger partial charge on any atom is -0.394 e. The van der Waals surface area contributed by atoms with Gasteiger partial charge in [0.25, 0.3) is 0 Å². The van der Waals surface area contributed by atoms with E-state index in [2.05, 4.69) is 19.2 Å². The van der Waals surface area contributed by atoms with E-state index in [9.17, 15) is 35.4 Å². The van der Waals surface area contributed by atoms with E-state index >= 15 is 0 Å². The summed E-state index contributed by atoms with van der Waals surface area (Å²) in [6, 6.07) is -0.762. The molecule has 358 valence electrons. The van der Waals surface area contributed by atoms with Gasteiger partial charge in [0.05, 0.1) is 31.0 Å². The summed E-state index contributed by atoms with van der Waals surface area (Å²) in [5, 5.41) is 65.8. The van der Waals surface area contributed by atoms with E-state index in [1.165, 1.54) is 186 Å². The number of hydrogen-bond donors (Lipinski definition) is 7. The minimum absolute atomic E-state index is 0.161. The average Bonchev–Trinajstić information content (AvgIpc) is 3.25. The zero-order chi connectivity index (χ0) is 43.9. The molecule has 8 atom stereocenters. The Labute approximate surface area is 370 Å². The van der Waals surface area contributed by atoms with Crippen molar-refractivity contribution < 1.29 is 40.2 Å². The highest BCUT2D eigenvalue weighted by Gasteiger charge is 2.43. The molecular weight excluding hydrogens is 755 g/mol. The van der Waals surface area contributed by atoms with Crippen molar-refractivity contribution in [3.8, 4) is 0 Å². The number of unbranched alkanes of at least 4 members (excludes halogenated alkanes) is 33. The lowest BCUT2D eigenvalue weighted by atomic mass is 9.90. The fourth-order valence-corrected chi connectivity index (χ4v) is 9.07. The quantitative estimate of drug-likeness (QED) is 0.0298. The van der Waals surface area contributed by atoms with Crippen molar-refractivity contribution in [2.45, 2.75) is 313 Å². The Bertz CT molecular complexity index is 924. The summed E-state index contributed by atoms with van der Waals surface area (Å²) in [7, 11) is 0. The van der Waals surface area contributed by atoms with E-state index in [0.717, 1.165) is 38.5 Å². The van der Waals surface area contributed by atoms with Gasteiger partial charge in [0.15, 0.2) is 0 Å². The van der Waals surface area contributed by atoms with Crippen molar-refractivity contribution >= 4 is 5.91 Å². The highest BCUT2D eigenvalue weighted by Crippen LogP contribution is 2.26. The molecule has 9 nitrogen and oxygen atoms in total. The number of nitrogens with one attached hydrogen (secondary N) is 1. The van der Waals surface area contributed by atoms with Gasteiger partial charge in [-0.15, -0.1) is 0 Å². The van der Waals surface area contributed by atoms with Gasteiger partial charge in [-0.05, 0) is 25.7 Å². The second kappa shape index (κ2) is 40.9. The van der Waals surface area contributed by atoms with E-state index in [0.29, 0.717) is 12.8 Å². The molecule has 9 heteroatoms. The van der Waals surface area contributed by atoms with Gasteiger partial charge in [0.2, 0.25) is 5.91 Å². The normalized spacial score (nSPS) is 21.0. The first-order valence-corrected chi connectivity index (χ1v) is 26.2. The summed E-state index contributed by atoms with van der Waals surface area (Å²) >= 11 is 0. The average molecular weight is 856 g/mol. The molecule has 0 aliphatic carbocycles. The number of ether oxygens (including phenoxy) is 1. The van der Waals surface area contributed by atoms with Crippen LogP contribution in [-0.4, -0.2) is 91.9 Å². The summed E-state index contributed by atoms with van der Waals surface area (Å²) in [6.45, 7) is 4.02. The number of hydrogen-bond acceptors (Lipinski definition) is 8. The molecule has 0 spiro atoms. The predicted molar refractivity (Wildman–Crippen MR) is 249 cm³/mol. The summed E-state index contributed by atoms with van der Waals surface area (Å²) in [5.41, 5.74) is 0. The Balaban J connectivity index is 2.26. The van der Waals surface area contributed by atoms with Gasteiger partial charge in [-0.2, -0.15) is 0 Å². The molecular formula is C51H101NO8. The first-order valence-electron chi connectivity index (χ1n) is 26.2. The molecule has 0 aromatic carbocycles. The van der Waals surface area contributed by atoms with Gasteiger partial charge in [0.1, 0.15) is 24.4 Å². The van der Waals surface area contributed by atoms with Crippen LogP contribution in [0.15, 0.2) is 0 Å². The lowest BCUT2D eigenvalue weighted by Crippen LogP contribution is -2.59. The summed E-state index contributed by atoms with van der Waals surface area (Å²) in [4.78, 5) is 13.1. The molecule has 2 unspecified atom stereocenters. The zero-order valence-electron chi connectivity index (χ0n) is 39.4. The van der Waals surface area contributed by atoms with Crippen LogP contribution in [0.1, 0.15) is 264 Å². The maximum atomic E-state index is 13.1. The van der Waals surface area contributed by atoms with E-state index in [-0.39, 0.29) is 18.7 Å². The predicted octanol–water partition coefficient (Wildman–Crippen LogP) is 11.3. The molecule has 1 saturated heterocycles. The summed E-state index contributed by atoms with van der Waals surface area (Å²) in [6.07, 6.45) is 37.6. The van der Waals surface area contributed by atoms with Crippen LogP contribution in [0, 0.1) is 0 Å². The van der Waals surface area contributed by atoms with Crippen LogP contribution in [0.3, 0.4) is 0 Å². The van der Waals surface area contributed by atoms with Crippen molar-refractivity contribution in [2.24, 2.45) is 0 Å². The molecule has 1 aliphatic rings. The van der Waals surface area contributed by atoms with E-state index in [1.807, 2.05) is 0 Å². The van der Waals surface area contributed by atoms with Gasteiger partial charge in [-0.25, -0.2) is 0 Å². The van der Waals surface area contributed by atoms with Crippen LogP contribution >= 0.6 is 0 Å². The SMILES string of the molecule is CCCCCCCCCCCCCCCCCCCCCCCCCC(=O)N[C@@H](CC[C@H]1OC(CO)[C@H](O)[C@H](O)C1O)[C@H](O)[C@H](O)CCCCCCCCCCCCCC. The number of aliphatic hydroxyl groups excluding tert-OH is 6. The molecule has 0 aromatic rings. The van der Waals surface area contributed by atoms with E-state index in [4.69, 9.17) is 4.74 Å². The number of amides is 1. The molecule has 7 N–H and O–H groups in total. The molecule has 1 heterocycles. The molecule has 0 radical (unpaired) electrons. The highest BCUT2D eigenvalue weighted by atomic mass is 16.5. The van der Waals surface area contributed by atoms with E-state index in [1.54, 1.807) is 0 Å². The Morgan fingerprint density at radius 1 is 0.467 bits per heavy atom. The Hall–Kier alpha value is -0.810. The summed E-state index contributed by atoms with van der Waals surface area (Å²) < 4.78 is 5.69. The Kier molecular flexibility index (Phi) is 39.0. The third-order valence-electron chi connectivity index (χ3n) is 13.3. The molecule has 1 amide bonds. The van der Waals surface area contributed by atoms with Crippen molar-refractivity contribution in [3.63, 3.8) is 0 Å². The Morgan fingerprint density at radius 2 is 0.800 bits per heavy atom. The maximum Gasteiger partial charge on any atom is 0.220 e.